The van der Waals surface area contributed by atoms with Crippen molar-refractivity contribution in [1.29, 1.82) is 0 Å². The van der Waals surface area contributed by atoms with Crippen molar-refractivity contribution in [1.82, 2.24) is 0 Å². The van der Waals surface area contributed by atoms with Gasteiger partial charge in [0.05, 0.1) is 18.2 Å². The number of nitrogens with two attached hydrogens (primary N) is 1. The Kier molecular flexibility index (Phi) is 8.07. The van der Waals surface area contributed by atoms with Crippen molar-refractivity contribution < 1.29 is 14.2 Å². The molecule has 0 heterocycles. The summed E-state index contributed by atoms with van der Waals surface area (Å²) in [5.41, 5.74) is 6.96. The second-order valence-corrected chi connectivity index (χ2v) is 6.46. The van der Waals surface area contributed by atoms with Crippen LogP contribution in [0.3, 0.4) is 0 Å². The third-order valence-corrected chi connectivity index (χ3v) is 3.36. The molecule has 120 valence electrons. The Hall–Kier alpha value is -0.780. The van der Waals surface area contributed by atoms with Gasteiger partial charge in [0, 0.05) is 12.6 Å². The normalized spacial score (nSPS) is 12.5. The van der Waals surface area contributed by atoms with Crippen molar-refractivity contribution in [2.45, 2.75) is 33.2 Å². The van der Waals surface area contributed by atoms with E-state index < -0.39 is 0 Å². The first kappa shape index (κ1) is 18.3. The van der Waals surface area contributed by atoms with E-state index in [4.69, 9.17) is 19.9 Å². The fraction of sp³-hybridized carbons (Fsp3) is 0.625. The molecule has 0 saturated carbocycles. The van der Waals surface area contributed by atoms with Gasteiger partial charge >= 0.3 is 0 Å². The van der Waals surface area contributed by atoms with Crippen LogP contribution in [0.2, 0.25) is 0 Å². The summed E-state index contributed by atoms with van der Waals surface area (Å²) in [5.74, 6) is 1.95. The average Bonchev–Trinajstić information content (AvgIpc) is 2.38. The van der Waals surface area contributed by atoms with Gasteiger partial charge < -0.3 is 19.9 Å². The van der Waals surface area contributed by atoms with Crippen LogP contribution in [0.5, 0.6) is 11.5 Å². The summed E-state index contributed by atoms with van der Waals surface area (Å²) in [6.07, 6.45) is 0.798. The lowest BCUT2D eigenvalue weighted by Crippen LogP contribution is -2.18. The lowest BCUT2D eigenvalue weighted by Gasteiger charge is -2.15. The molecule has 1 aromatic rings. The summed E-state index contributed by atoms with van der Waals surface area (Å²) in [6, 6.07) is 4.10. The average molecular weight is 360 g/mol. The van der Waals surface area contributed by atoms with Gasteiger partial charge in [-0.15, -0.1) is 0 Å². The molecule has 0 aliphatic heterocycles. The van der Waals surface area contributed by atoms with Gasteiger partial charge in [0.1, 0.15) is 6.61 Å². The zero-order valence-electron chi connectivity index (χ0n) is 13.3. The predicted molar refractivity (Wildman–Crippen MR) is 89.2 cm³/mol. The summed E-state index contributed by atoms with van der Waals surface area (Å²) >= 11 is 3.53. The summed E-state index contributed by atoms with van der Waals surface area (Å²) < 4.78 is 17.6. The van der Waals surface area contributed by atoms with Gasteiger partial charge in [0.15, 0.2) is 11.5 Å². The largest absolute Gasteiger partial charge is 0.493 e. The third kappa shape index (κ3) is 6.68. The molecule has 5 heteroatoms. The Morgan fingerprint density at radius 1 is 1.19 bits per heavy atom. The minimum Gasteiger partial charge on any atom is -0.493 e. The number of methoxy groups -OCH3 is 1. The van der Waals surface area contributed by atoms with E-state index in [1.165, 1.54) is 0 Å². The number of ether oxygens (including phenoxy) is 3. The maximum atomic E-state index is 5.84. The van der Waals surface area contributed by atoms with Crippen LogP contribution >= 0.6 is 15.9 Å². The quantitative estimate of drug-likeness (QED) is 0.686. The minimum atomic E-state index is 0.109. The van der Waals surface area contributed by atoms with E-state index in [0.29, 0.717) is 30.6 Å². The second kappa shape index (κ2) is 9.28. The van der Waals surface area contributed by atoms with Gasteiger partial charge in [-0.25, -0.2) is 0 Å². The lowest BCUT2D eigenvalue weighted by atomic mass is 10.1. The van der Waals surface area contributed by atoms with Crippen molar-refractivity contribution in [3.05, 3.63) is 22.2 Å². The smallest absolute Gasteiger partial charge is 0.175 e. The lowest BCUT2D eigenvalue weighted by molar-refractivity contribution is 0.0808. The first-order chi connectivity index (χ1) is 9.93. The fourth-order valence-electron chi connectivity index (χ4n) is 1.92. The molecule has 0 aliphatic carbocycles. The minimum absolute atomic E-state index is 0.109. The van der Waals surface area contributed by atoms with Crippen LogP contribution in [0.4, 0.5) is 0 Å². The number of benzene rings is 1. The SMILES string of the molecule is COc1cc(CC(C)N)cc(Br)c1OCCOCC(C)C. The third-order valence-electron chi connectivity index (χ3n) is 2.77. The van der Waals surface area contributed by atoms with E-state index >= 15 is 0 Å². The molecule has 21 heavy (non-hydrogen) atoms. The maximum absolute atomic E-state index is 5.84. The van der Waals surface area contributed by atoms with Gasteiger partial charge in [-0.05, 0) is 52.9 Å². The highest BCUT2D eigenvalue weighted by Gasteiger charge is 2.12. The van der Waals surface area contributed by atoms with Crippen LogP contribution in [0.1, 0.15) is 26.3 Å². The standard InChI is InChI=1S/C16H26BrNO3/c1-11(2)10-20-5-6-21-16-14(17)8-13(7-12(3)18)9-15(16)19-4/h8-9,11-12H,5-7,10,18H2,1-4H3. The van der Waals surface area contributed by atoms with E-state index in [1.54, 1.807) is 7.11 Å². The van der Waals surface area contributed by atoms with Gasteiger partial charge in [-0.1, -0.05) is 13.8 Å². The van der Waals surface area contributed by atoms with Crippen LogP contribution in [-0.2, 0) is 11.2 Å². The molecule has 0 aromatic heterocycles. The Labute approximate surface area is 136 Å². The van der Waals surface area contributed by atoms with E-state index in [2.05, 4.69) is 29.8 Å². The molecule has 1 aromatic carbocycles. The first-order valence-corrected chi connectivity index (χ1v) is 8.05. The zero-order valence-corrected chi connectivity index (χ0v) is 14.9. The predicted octanol–water partition coefficient (Wildman–Crippen LogP) is 3.40. The van der Waals surface area contributed by atoms with Gasteiger partial charge in [-0.2, -0.15) is 0 Å². The summed E-state index contributed by atoms with van der Waals surface area (Å²) in [7, 11) is 1.64. The zero-order chi connectivity index (χ0) is 15.8. The Morgan fingerprint density at radius 3 is 2.48 bits per heavy atom. The van der Waals surface area contributed by atoms with E-state index in [0.717, 1.165) is 23.1 Å². The summed E-state index contributed by atoms with van der Waals surface area (Å²) in [6.45, 7) is 8.03. The molecule has 0 spiro atoms. The van der Waals surface area contributed by atoms with Crippen molar-refractivity contribution in [3.63, 3.8) is 0 Å². The van der Waals surface area contributed by atoms with Gasteiger partial charge in [-0.3, -0.25) is 0 Å². The number of rotatable bonds is 9. The van der Waals surface area contributed by atoms with E-state index in [-0.39, 0.29) is 6.04 Å². The number of halogens is 1. The molecule has 4 nitrogen and oxygen atoms in total. The van der Waals surface area contributed by atoms with E-state index in [9.17, 15) is 0 Å². The molecule has 0 bridgehead atoms. The molecule has 1 rings (SSSR count). The highest BCUT2D eigenvalue weighted by molar-refractivity contribution is 9.10. The molecule has 1 atom stereocenters. The molecule has 1 unspecified atom stereocenters. The van der Waals surface area contributed by atoms with Crippen molar-refractivity contribution in [2.75, 3.05) is 26.9 Å². The molecule has 0 saturated heterocycles. The summed E-state index contributed by atoms with van der Waals surface area (Å²) in [5, 5.41) is 0. The van der Waals surface area contributed by atoms with Crippen LogP contribution in [0.15, 0.2) is 16.6 Å². The highest BCUT2D eigenvalue weighted by atomic mass is 79.9. The van der Waals surface area contributed by atoms with Crippen molar-refractivity contribution >= 4 is 15.9 Å². The van der Waals surface area contributed by atoms with Crippen molar-refractivity contribution in [2.24, 2.45) is 11.7 Å². The number of hydrogen-bond donors (Lipinski definition) is 1. The molecule has 0 radical (unpaired) electrons. The van der Waals surface area contributed by atoms with Gasteiger partial charge in [0.2, 0.25) is 0 Å². The molecule has 0 fully saturated rings. The fourth-order valence-corrected chi connectivity index (χ4v) is 2.53. The summed E-state index contributed by atoms with van der Waals surface area (Å²) in [4.78, 5) is 0. The number of hydrogen-bond acceptors (Lipinski definition) is 4. The van der Waals surface area contributed by atoms with Crippen LogP contribution in [0, 0.1) is 5.92 Å². The Bertz CT molecular complexity index is 436. The highest BCUT2D eigenvalue weighted by Crippen LogP contribution is 2.36. The van der Waals surface area contributed by atoms with Crippen molar-refractivity contribution in [3.8, 4) is 11.5 Å². The Morgan fingerprint density at radius 2 is 1.90 bits per heavy atom. The van der Waals surface area contributed by atoms with Crippen LogP contribution in [-0.4, -0.2) is 33.0 Å². The Balaban J connectivity index is 2.64. The first-order valence-electron chi connectivity index (χ1n) is 7.26. The van der Waals surface area contributed by atoms with Gasteiger partial charge in [0.25, 0.3) is 0 Å². The topological polar surface area (TPSA) is 53.7 Å². The monoisotopic (exact) mass is 359 g/mol. The molecule has 0 amide bonds. The molecular weight excluding hydrogens is 334 g/mol. The van der Waals surface area contributed by atoms with E-state index in [1.807, 2.05) is 19.1 Å². The van der Waals surface area contributed by atoms with Crippen LogP contribution < -0.4 is 15.2 Å². The molecular formula is C16H26BrNO3. The maximum Gasteiger partial charge on any atom is 0.175 e. The van der Waals surface area contributed by atoms with Crippen LogP contribution in [0.25, 0.3) is 0 Å². The molecule has 0 aliphatic rings. The second-order valence-electron chi connectivity index (χ2n) is 5.61. The molecule has 2 N–H and O–H groups in total.